The van der Waals surface area contributed by atoms with Crippen molar-refractivity contribution in [3.8, 4) is 5.88 Å². The SMILES string of the molecule is CCN(CC)c1ccc(C(=O)N=Nc2c(O)[nH]c3c(C)cccc23)cc1. The molecule has 3 rings (SSSR count). The second kappa shape index (κ2) is 7.39. The highest BCUT2D eigenvalue weighted by Crippen LogP contribution is 2.36. The number of aromatic amines is 1. The summed E-state index contributed by atoms with van der Waals surface area (Å²) in [5.74, 6) is -0.541. The smallest absolute Gasteiger partial charge is 0.295 e. The normalized spacial score (nSPS) is 11.3. The molecule has 0 atom stereocenters. The zero-order valence-electron chi connectivity index (χ0n) is 15.2. The van der Waals surface area contributed by atoms with E-state index in [1.165, 1.54) is 0 Å². The van der Waals surface area contributed by atoms with Crippen LogP contribution >= 0.6 is 0 Å². The van der Waals surface area contributed by atoms with Crippen molar-refractivity contribution in [2.45, 2.75) is 20.8 Å². The molecule has 0 spiro atoms. The quantitative estimate of drug-likeness (QED) is 0.639. The Morgan fingerprint density at radius 2 is 1.81 bits per heavy atom. The van der Waals surface area contributed by atoms with Crippen molar-refractivity contribution in [2.24, 2.45) is 10.2 Å². The molecule has 134 valence electrons. The maximum atomic E-state index is 12.3. The Bertz CT molecular complexity index is 954. The van der Waals surface area contributed by atoms with Crippen LogP contribution in [0.15, 0.2) is 52.7 Å². The molecule has 0 aliphatic carbocycles. The van der Waals surface area contributed by atoms with Gasteiger partial charge in [0.25, 0.3) is 5.91 Å². The minimum Gasteiger partial charge on any atom is -0.493 e. The Hall–Kier alpha value is -3.15. The Labute approximate surface area is 152 Å². The molecule has 0 saturated carbocycles. The lowest BCUT2D eigenvalue weighted by Crippen LogP contribution is -2.21. The zero-order chi connectivity index (χ0) is 18.7. The van der Waals surface area contributed by atoms with Gasteiger partial charge in [-0.3, -0.25) is 4.79 Å². The number of nitrogens with zero attached hydrogens (tertiary/aromatic N) is 3. The topological polar surface area (TPSA) is 81.1 Å². The molecular formula is C20H22N4O2. The van der Waals surface area contributed by atoms with E-state index in [0.29, 0.717) is 5.56 Å². The largest absolute Gasteiger partial charge is 0.493 e. The van der Waals surface area contributed by atoms with Crippen LogP contribution in [0.1, 0.15) is 29.8 Å². The van der Waals surface area contributed by atoms with Crippen molar-refractivity contribution < 1.29 is 9.90 Å². The minimum atomic E-state index is -0.447. The number of para-hydroxylation sites is 1. The van der Waals surface area contributed by atoms with Gasteiger partial charge in [0.15, 0.2) is 5.69 Å². The molecule has 1 amide bonds. The molecule has 0 unspecified atom stereocenters. The van der Waals surface area contributed by atoms with Gasteiger partial charge < -0.3 is 15.0 Å². The lowest BCUT2D eigenvalue weighted by molar-refractivity contribution is 0.0995. The van der Waals surface area contributed by atoms with E-state index in [0.717, 1.165) is 35.2 Å². The van der Waals surface area contributed by atoms with Crippen LogP contribution in [-0.2, 0) is 0 Å². The number of carbonyl (C=O) groups is 1. The van der Waals surface area contributed by atoms with Crippen LogP contribution in [0.5, 0.6) is 5.88 Å². The first-order chi connectivity index (χ1) is 12.5. The summed E-state index contributed by atoms with van der Waals surface area (Å²) in [7, 11) is 0. The molecule has 2 N–H and O–H groups in total. The van der Waals surface area contributed by atoms with E-state index in [9.17, 15) is 9.90 Å². The number of nitrogens with one attached hydrogen (secondary N) is 1. The molecule has 0 radical (unpaired) electrons. The summed E-state index contributed by atoms with van der Waals surface area (Å²) in [6, 6.07) is 12.9. The number of amides is 1. The molecule has 0 saturated heterocycles. The number of rotatable bonds is 5. The molecule has 0 aliphatic heterocycles. The molecular weight excluding hydrogens is 328 g/mol. The number of aryl methyl sites for hydroxylation is 1. The molecule has 1 heterocycles. The van der Waals surface area contributed by atoms with Gasteiger partial charge in [-0.2, -0.15) is 0 Å². The Morgan fingerprint density at radius 1 is 1.12 bits per heavy atom. The van der Waals surface area contributed by atoms with E-state index < -0.39 is 5.91 Å². The number of azo groups is 1. The van der Waals surface area contributed by atoms with E-state index in [1.54, 1.807) is 12.1 Å². The monoisotopic (exact) mass is 350 g/mol. The number of benzene rings is 2. The van der Waals surface area contributed by atoms with Gasteiger partial charge in [-0.15, -0.1) is 10.2 Å². The average molecular weight is 350 g/mol. The van der Waals surface area contributed by atoms with E-state index in [4.69, 9.17) is 0 Å². The van der Waals surface area contributed by atoms with Crippen LogP contribution < -0.4 is 4.90 Å². The number of aromatic hydroxyl groups is 1. The Kier molecular flexibility index (Phi) is 5.02. The van der Waals surface area contributed by atoms with Gasteiger partial charge in [-0.1, -0.05) is 18.2 Å². The van der Waals surface area contributed by atoms with Gasteiger partial charge >= 0.3 is 0 Å². The van der Waals surface area contributed by atoms with E-state index in [1.807, 2.05) is 37.3 Å². The summed E-state index contributed by atoms with van der Waals surface area (Å²) in [6.45, 7) is 7.92. The van der Waals surface area contributed by atoms with Crippen LogP contribution in [0, 0.1) is 6.92 Å². The predicted molar refractivity (Wildman–Crippen MR) is 104 cm³/mol. The standard InChI is InChI=1S/C20H22N4O2/c1-4-24(5-2)15-11-9-14(10-12-15)19(25)23-22-18-16-8-6-7-13(3)17(16)21-20(18)26/h6-12,21,26H,4-5H2,1-3H3. The summed E-state index contributed by atoms with van der Waals surface area (Å²) < 4.78 is 0. The van der Waals surface area contributed by atoms with Gasteiger partial charge in [0.05, 0.1) is 5.52 Å². The highest BCUT2D eigenvalue weighted by Gasteiger charge is 2.13. The fourth-order valence-corrected chi connectivity index (χ4v) is 2.99. The van der Waals surface area contributed by atoms with Gasteiger partial charge in [0, 0.05) is 29.7 Å². The third-order valence-corrected chi connectivity index (χ3v) is 4.48. The average Bonchev–Trinajstić information content (AvgIpc) is 2.98. The molecule has 3 aromatic rings. The molecule has 0 bridgehead atoms. The third kappa shape index (κ3) is 3.31. The lowest BCUT2D eigenvalue weighted by atomic mass is 10.1. The molecule has 6 nitrogen and oxygen atoms in total. The van der Waals surface area contributed by atoms with Crippen molar-refractivity contribution in [1.29, 1.82) is 0 Å². The first-order valence-corrected chi connectivity index (χ1v) is 8.66. The summed E-state index contributed by atoms with van der Waals surface area (Å²) in [4.78, 5) is 17.4. The second-order valence-corrected chi connectivity index (χ2v) is 6.04. The number of fused-ring (bicyclic) bond motifs is 1. The first-order valence-electron chi connectivity index (χ1n) is 8.66. The van der Waals surface area contributed by atoms with Gasteiger partial charge in [-0.25, -0.2) is 0 Å². The van der Waals surface area contributed by atoms with Crippen molar-refractivity contribution >= 4 is 28.2 Å². The van der Waals surface area contributed by atoms with Crippen LogP contribution in [-0.4, -0.2) is 29.1 Å². The number of carbonyl (C=O) groups excluding carboxylic acids is 1. The number of H-pyrrole nitrogens is 1. The van der Waals surface area contributed by atoms with Gasteiger partial charge in [-0.05, 0) is 50.6 Å². The van der Waals surface area contributed by atoms with Gasteiger partial charge in [0.2, 0.25) is 5.88 Å². The Balaban J connectivity index is 1.84. The van der Waals surface area contributed by atoms with Crippen LogP contribution in [0.25, 0.3) is 10.9 Å². The summed E-state index contributed by atoms with van der Waals surface area (Å²) in [5, 5.41) is 18.6. The van der Waals surface area contributed by atoms with E-state index in [2.05, 4.69) is 34.0 Å². The summed E-state index contributed by atoms with van der Waals surface area (Å²) in [6.07, 6.45) is 0. The second-order valence-electron chi connectivity index (χ2n) is 6.04. The Morgan fingerprint density at radius 3 is 2.46 bits per heavy atom. The van der Waals surface area contributed by atoms with Crippen LogP contribution in [0.4, 0.5) is 11.4 Å². The summed E-state index contributed by atoms with van der Waals surface area (Å²) >= 11 is 0. The molecule has 6 heteroatoms. The zero-order valence-corrected chi connectivity index (χ0v) is 15.2. The minimum absolute atomic E-state index is 0.0947. The maximum absolute atomic E-state index is 12.3. The predicted octanol–water partition coefficient (Wildman–Crippen LogP) is 4.95. The lowest BCUT2D eigenvalue weighted by Gasteiger charge is -2.20. The van der Waals surface area contributed by atoms with Gasteiger partial charge in [0.1, 0.15) is 0 Å². The maximum Gasteiger partial charge on any atom is 0.295 e. The van der Waals surface area contributed by atoms with Crippen molar-refractivity contribution in [2.75, 3.05) is 18.0 Å². The number of anilines is 1. The highest BCUT2D eigenvalue weighted by atomic mass is 16.3. The molecule has 26 heavy (non-hydrogen) atoms. The molecule has 2 aromatic carbocycles. The first kappa shape index (κ1) is 17.7. The summed E-state index contributed by atoms with van der Waals surface area (Å²) in [5.41, 5.74) is 3.57. The van der Waals surface area contributed by atoms with E-state index >= 15 is 0 Å². The fraction of sp³-hybridized carbons (Fsp3) is 0.250. The van der Waals surface area contributed by atoms with Crippen molar-refractivity contribution in [3.05, 3.63) is 53.6 Å². The number of aromatic nitrogens is 1. The van der Waals surface area contributed by atoms with Crippen molar-refractivity contribution in [3.63, 3.8) is 0 Å². The van der Waals surface area contributed by atoms with E-state index in [-0.39, 0.29) is 11.6 Å². The number of hydrogen-bond donors (Lipinski definition) is 2. The third-order valence-electron chi connectivity index (χ3n) is 4.48. The highest BCUT2D eigenvalue weighted by molar-refractivity contribution is 5.98. The van der Waals surface area contributed by atoms with Crippen molar-refractivity contribution in [1.82, 2.24) is 4.98 Å². The van der Waals surface area contributed by atoms with Crippen LogP contribution in [0.3, 0.4) is 0 Å². The molecule has 0 aliphatic rings. The molecule has 0 fully saturated rings. The van der Waals surface area contributed by atoms with Crippen LogP contribution in [0.2, 0.25) is 0 Å². The number of hydrogen-bond acceptors (Lipinski definition) is 4. The molecule has 1 aromatic heterocycles. The fourth-order valence-electron chi connectivity index (χ4n) is 2.99.